The number of nitrogens with one attached hydrogen (secondary N) is 1. The second-order valence-electron chi connectivity index (χ2n) is 11.9. The van der Waals surface area contributed by atoms with Crippen molar-refractivity contribution in [2.75, 3.05) is 14.1 Å². The minimum Gasteiger partial charge on any atom is -0.352 e. The van der Waals surface area contributed by atoms with E-state index in [1.165, 1.54) is 15.9 Å². The average molecular weight is 555 g/mol. The molecule has 0 radical (unpaired) electrons. The van der Waals surface area contributed by atoms with Crippen molar-refractivity contribution in [2.45, 2.75) is 69.6 Å². The number of benzene rings is 3. The molecule has 0 bridgehead atoms. The number of nitrogens with two attached hydrogens (primary N) is 1. The van der Waals surface area contributed by atoms with Gasteiger partial charge in [-0.2, -0.15) is 0 Å². The van der Waals surface area contributed by atoms with Gasteiger partial charge in [-0.05, 0) is 61.1 Å². The van der Waals surface area contributed by atoms with E-state index in [0.717, 1.165) is 34.7 Å². The molecule has 7 nitrogen and oxygen atoms in total. The Morgan fingerprint density at radius 3 is 2.17 bits per heavy atom. The number of amides is 3. The van der Waals surface area contributed by atoms with E-state index in [9.17, 15) is 14.4 Å². The molecule has 3 aromatic carbocycles. The Balaban J connectivity index is 1.63. The maximum atomic E-state index is 14.2. The molecule has 3 aromatic rings. The lowest BCUT2D eigenvalue weighted by molar-refractivity contribution is -0.146. The highest BCUT2D eigenvalue weighted by atomic mass is 16.2. The third-order valence-electron chi connectivity index (χ3n) is 7.56. The standard InChI is InChI=1S/C34H42N4O3/c1-34(2,35)20-10-15-31(39)37(3)30(23-25-16-17-26-13-8-9-14-27(26)21-25)33(41)38(4)29(32(40)36-28-18-19-28)22-24-11-6-5-7-12-24/h5-17,21,28-30H,18-20,22-23,35H2,1-4H3,(H,36,40)/b15-10+/t29-,30-/m1/s1. The summed E-state index contributed by atoms with van der Waals surface area (Å²) in [5.74, 6) is -0.743. The molecule has 1 aliphatic carbocycles. The smallest absolute Gasteiger partial charge is 0.246 e. The Morgan fingerprint density at radius 2 is 1.51 bits per heavy atom. The molecule has 0 aliphatic heterocycles. The minimum absolute atomic E-state index is 0.166. The van der Waals surface area contributed by atoms with Gasteiger partial charge in [-0.25, -0.2) is 0 Å². The predicted octanol–water partition coefficient (Wildman–Crippen LogP) is 4.24. The van der Waals surface area contributed by atoms with Crippen molar-refractivity contribution in [3.05, 3.63) is 96.1 Å². The fourth-order valence-electron chi connectivity index (χ4n) is 4.87. The molecule has 4 rings (SSSR count). The van der Waals surface area contributed by atoms with E-state index in [0.29, 0.717) is 19.3 Å². The SMILES string of the molecule is CN(C(=O)/C=C/CC(C)(C)N)[C@H](Cc1ccc2ccccc2c1)C(=O)N(C)[C@H](Cc1ccccc1)C(=O)NC1CC1. The minimum atomic E-state index is -0.809. The highest BCUT2D eigenvalue weighted by Crippen LogP contribution is 2.22. The third kappa shape index (κ3) is 8.51. The van der Waals surface area contributed by atoms with Crippen LogP contribution in [0.5, 0.6) is 0 Å². The van der Waals surface area contributed by atoms with Crippen LogP contribution in [0, 0.1) is 0 Å². The second kappa shape index (κ2) is 13.1. The maximum Gasteiger partial charge on any atom is 0.246 e. The molecular weight excluding hydrogens is 512 g/mol. The lowest BCUT2D eigenvalue weighted by Gasteiger charge is -2.34. The van der Waals surface area contributed by atoms with Crippen LogP contribution in [-0.4, -0.2) is 65.3 Å². The molecule has 0 saturated heterocycles. The lowest BCUT2D eigenvalue weighted by Crippen LogP contribution is -2.56. The van der Waals surface area contributed by atoms with Crippen LogP contribution in [0.2, 0.25) is 0 Å². The summed E-state index contributed by atoms with van der Waals surface area (Å²) in [4.78, 5) is 43.9. The van der Waals surface area contributed by atoms with Crippen molar-refractivity contribution in [2.24, 2.45) is 5.73 Å². The molecule has 1 saturated carbocycles. The molecule has 41 heavy (non-hydrogen) atoms. The van der Waals surface area contributed by atoms with E-state index in [4.69, 9.17) is 5.73 Å². The number of carbonyl (C=O) groups is 3. The van der Waals surface area contributed by atoms with Crippen molar-refractivity contribution >= 4 is 28.5 Å². The summed E-state index contributed by atoms with van der Waals surface area (Å²) >= 11 is 0. The van der Waals surface area contributed by atoms with Gasteiger partial charge >= 0.3 is 0 Å². The van der Waals surface area contributed by atoms with Gasteiger partial charge in [0.25, 0.3) is 0 Å². The first-order chi connectivity index (χ1) is 19.5. The normalized spacial score (nSPS) is 15.0. The second-order valence-corrected chi connectivity index (χ2v) is 11.9. The van der Waals surface area contributed by atoms with Gasteiger partial charge < -0.3 is 20.9 Å². The highest BCUT2D eigenvalue weighted by molar-refractivity contribution is 5.95. The Morgan fingerprint density at radius 1 is 0.878 bits per heavy atom. The molecule has 0 heterocycles. The van der Waals surface area contributed by atoms with Gasteiger partial charge in [0, 0.05) is 38.5 Å². The number of likely N-dealkylation sites (N-methyl/N-ethyl adjacent to an activating group) is 2. The number of fused-ring (bicyclic) bond motifs is 1. The molecule has 216 valence electrons. The summed E-state index contributed by atoms with van der Waals surface area (Å²) < 4.78 is 0. The Labute approximate surface area is 243 Å². The van der Waals surface area contributed by atoms with Gasteiger partial charge in [-0.1, -0.05) is 78.9 Å². The van der Waals surface area contributed by atoms with E-state index >= 15 is 0 Å². The molecule has 3 N–H and O–H groups in total. The van der Waals surface area contributed by atoms with Crippen LogP contribution in [0.25, 0.3) is 10.8 Å². The van der Waals surface area contributed by atoms with Gasteiger partial charge in [-0.3, -0.25) is 14.4 Å². The van der Waals surface area contributed by atoms with Crippen molar-refractivity contribution in [1.82, 2.24) is 15.1 Å². The van der Waals surface area contributed by atoms with Crippen LogP contribution in [0.4, 0.5) is 0 Å². The van der Waals surface area contributed by atoms with Crippen LogP contribution in [-0.2, 0) is 27.2 Å². The molecule has 3 amide bonds. The largest absolute Gasteiger partial charge is 0.352 e. The van der Waals surface area contributed by atoms with E-state index in [2.05, 4.69) is 11.4 Å². The van der Waals surface area contributed by atoms with E-state index in [1.54, 1.807) is 20.2 Å². The summed E-state index contributed by atoms with van der Waals surface area (Å²) in [6.07, 6.45) is 6.36. The molecule has 1 aliphatic rings. The molecule has 0 aromatic heterocycles. The summed E-state index contributed by atoms with van der Waals surface area (Å²) in [5, 5.41) is 5.24. The first-order valence-electron chi connectivity index (χ1n) is 14.3. The van der Waals surface area contributed by atoms with Gasteiger partial charge in [-0.15, -0.1) is 0 Å². The van der Waals surface area contributed by atoms with Crippen molar-refractivity contribution < 1.29 is 14.4 Å². The van der Waals surface area contributed by atoms with Gasteiger partial charge in [0.1, 0.15) is 12.1 Å². The first-order valence-corrected chi connectivity index (χ1v) is 14.3. The fraction of sp³-hybridized carbons (Fsp3) is 0.382. The molecule has 1 fully saturated rings. The van der Waals surface area contributed by atoms with Crippen LogP contribution in [0.1, 0.15) is 44.2 Å². The van der Waals surface area contributed by atoms with Crippen LogP contribution in [0.3, 0.4) is 0 Å². The number of hydrogen-bond acceptors (Lipinski definition) is 4. The summed E-state index contributed by atoms with van der Waals surface area (Å²) in [6.45, 7) is 3.79. The quantitative estimate of drug-likeness (QED) is 0.328. The van der Waals surface area contributed by atoms with E-state index < -0.39 is 17.6 Å². The van der Waals surface area contributed by atoms with Crippen molar-refractivity contribution in [3.8, 4) is 0 Å². The fourth-order valence-corrected chi connectivity index (χ4v) is 4.87. The van der Waals surface area contributed by atoms with Crippen LogP contribution >= 0.6 is 0 Å². The zero-order valence-electron chi connectivity index (χ0n) is 24.5. The number of carbonyl (C=O) groups excluding carboxylic acids is 3. The van der Waals surface area contributed by atoms with E-state index in [-0.39, 0.29) is 23.8 Å². The predicted molar refractivity (Wildman–Crippen MR) is 164 cm³/mol. The van der Waals surface area contributed by atoms with Gasteiger partial charge in [0.05, 0.1) is 0 Å². The first kappa shape index (κ1) is 30.0. The van der Waals surface area contributed by atoms with Gasteiger partial charge in [0.2, 0.25) is 17.7 Å². The van der Waals surface area contributed by atoms with E-state index in [1.807, 2.05) is 80.6 Å². The highest BCUT2D eigenvalue weighted by Gasteiger charge is 2.36. The number of nitrogens with zero attached hydrogens (tertiary/aromatic N) is 2. The average Bonchev–Trinajstić information content (AvgIpc) is 3.77. The summed E-state index contributed by atoms with van der Waals surface area (Å²) in [6, 6.07) is 22.5. The van der Waals surface area contributed by atoms with Crippen LogP contribution < -0.4 is 11.1 Å². The summed E-state index contributed by atoms with van der Waals surface area (Å²) in [7, 11) is 3.31. The van der Waals surface area contributed by atoms with Crippen molar-refractivity contribution in [1.29, 1.82) is 0 Å². The topological polar surface area (TPSA) is 95.7 Å². The van der Waals surface area contributed by atoms with Crippen LogP contribution in [0.15, 0.2) is 84.9 Å². The molecule has 2 atom stereocenters. The lowest BCUT2D eigenvalue weighted by atomic mass is 9.98. The third-order valence-corrected chi connectivity index (χ3v) is 7.56. The molecule has 7 heteroatoms. The Bertz CT molecular complexity index is 1390. The zero-order valence-corrected chi connectivity index (χ0v) is 24.5. The Hall–Kier alpha value is -3.97. The molecular formula is C34H42N4O3. The molecule has 0 unspecified atom stereocenters. The Kier molecular flexibility index (Phi) is 9.61. The maximum absolute atomic E-state index is 14.2. The monoisotopic (exact) mass is 554 g/mol. The number of rotatable bonds is 12. The molecule has 0 spiro atoms. The number of hydrogen-bond donors (Lipinski definition) is 2. The zero-order chi connectivity index (χ0) is 29.6. The van der Waals surface area contributed by atoms with Gasteiger partial charge in [0.15, 0.2) is 0 Å². The summed E-state index contributed by atoms with van der Waals surface area (Å²) in [5.41, 5.74) is 7.53. The van der Waals surface area contributed by atoms with Crippen molar-refractivity contribution in [3.63, 3.8) is 0 Å².